The molecule has 2 fully saturated rings. The van der Waals surface area contributed by atoms with Gasteiger partial charge in [-0.25, -0.2) is 0 Å². The largest absolute Gasteiger partial charge is 0.333 e. The Balaban J connectivity index is 1.91. The van der Waals surface area contributed by atoms with Crippen molar-refractivity contribution < 1.29 is 4.79 Å². The van der Waals surface area contributed by atoms with E-state index in [4.69, 9.17) is 11.0 Å². The average molecular weight is 255 g/mol. The van der Waals surface area contributed by atoms with Crippen LogP contribution in [0.25, 0.3) is 0 Å². The highest BCUT2D eigenvalue weighted by atomic mass is 16.2. The molecule has 98 valence electrons. The summed E-state index contributed by atoms with van der Waals surface area (Å²) < 4.78 is 0. The zero-order chi connectivity index (χ0) is 13.4. The Kier molecular flexibility index (Phi) is 3.00. The third kappa shape index (κ3) is 2.00. The van der Waals surface area contributed by atoms with Gasteiger partial charge in [0.2, 0.25) is 0 Å². The van der Waals surface area contributed by atoms with E-state index in [0.717, 1.165) is 25.7 Å². The first-order valence-electron chi connectivity index (χ1n) is 6.78. The molecule has 1 aromatic rings. The molecule has 2 N–H and O–H groups in total. The SMILES string of the molecule is N#Cc1ccccc1C(=O)N1C2CCC1CC(N)C2. The Morgan fingerprint density at radius 3 is 2.53 bits per heavy atom. The van der Waals surface area contributed by atoms with Crippen molar-refractivity contribution in [1.82, 2.24) is 4.90 Å². The van der Waals surface area contributed by atoms with E-state index in [0.29, 0.717) is 11.1 Å². The van der Waals surface area contributed by atoms with E-state index in [1.54, 1.807) is 18.2 Å². The van der Waals surface area contributed by atoms with E-state index in [9.17, 15) is 4.79 Å². The van der Waals surface area contributed by atoms with Gasteiger partial charge >= 0.3 is 0 Å². The molecule has 0 saturated carbocycles. The van der Waals surface area contributed by atoms with Gasteiger partial charge in [0.05, 0.1) is 17.2 Å². The van der Waals surface area contributed by atoms with Crippen LogP contribution < -0.4 is 5.73 Å². The van der Waals surface area contributed by atoms with Crippen molar-refractivity contribution >= 4 is 5.91 Å². The van der Waals surface area contributed by atoms with Gasteiger partial charge < -0.3 is 10.6 Å². The summed E-state index contributed by atoms with van der Waals surface area (Å²) >= 11 is 0. The van der Waals surface area contributed by atoms with E-state index in [1.165, 1.54) is 0 Å². The molecule has 4 heteroatoms. The van der Waals surface area contributed by atoms with Crippen LogP contribution in [0.1, 0.15) is 41.6 Å². The third-order valence-corrected chi connectivity index (χ3v) is 4.28. The first kappa shape index (κ1) is 12.2. The van der Waals surface area contributed by atoms with Crippen molar-refractivity contribution in [3.8, 4) is 6.07 Å². The standard InChI is InChI=1S/C15H17N3O/c16-9-10-3-1-2-4-14(10)15(19)18-12-5-6-13(18)8-11(17)7-12/h1-4,11-13H,5-8,17H2. The highest BCUT2D eigenvalue weighted by molar-refractivity contribution is 5.97. The Hall–Kier alpha value is -1.86. The van der Waals surface area contributed by atoms with Gasteiger partial charge in [-0.1, -0.05) is 12.1 Å². The van der Waals surface area contributed by atoms with Gasteiger partial charge in [-0.2, -0.15) is 5.26 Å². The van der Waals surface area contributed by atoms with Crippen LogP contribution in [-0.2, 0) is 0 Å². The Morgan fingerprint density at radius 2 is 1.89 bits per heavy atom. The average Bonchev–Trinajstić information content (AvgIpc) is 2.70. The lowest BCUT2D eigenvalue weighted by molar-refractivity contribution is 0.0575. The van der Waals surface area contributed by atoms with E-state index in [2.05, 4.69) is 6.07 Å². The Morgan fingerprint density at radius 1 is 1.26 bits per heavy atom. The quantitative estimate of drug-likeness (QED) is 0.829. The predicted octanol–water partition coefficient (Wildman–Crippen LogP) is 1.65. The van der Waals surface area contributed by atoms with Gasteiger partial charge in [-0.3, -0.25) is 4.79 Å². The predicted molar refractivity (Wildman–Crippen MR) is 71.3 cm³/mol. The Labute approximate surface area is 112 Å². The number of hydrogen-bond donors (Lipinski definition) is 1. The fourth-order valence-corrected chi connectivity index (χ4v) is 3.46. The summed E-state index contributed by atoms with van der Waals surface area (Å²) in [6.45, 7) is 0. The van der Waals surface area contributed by atoms with Crippen LogP contribution in [0.3, 0.4) is 0 Å². The molecule has 1 aromatic carbocycles. The molecule has 2 unspecified atom stereocenters. The third-order valence-electron chi connectivity index (χ3n) is 4.28. The molecule has 3 rings (SSSR count). The van der Waals surface area contributed by atoms with Crippen LogP contribution >= 0.6 is 0 Å². The summed E-state index contributed by atoms with van der Waals surface area (Å²) in [4.78, 5) is 14.7. The number of carbonyl (C=O) groups excluding carboxylic acids is 1. The smallest absolute Gasteiger partial charge is 0.255 e. The van der Waals surface area contributed by atoms with Crippen molar-refractivity contribution in [2.75, 3.05) is 0 Å². The minimum atomic E-state index is -0.00319. The lowest BCUT2D eigenvalue weighted by atomic mass is 9.96. The molecule has 0 radical (unpaired) electrons. The number of nitriles is 1. The summed E-state index contributed by atoms with van der Waals surface area (Å²) in [5, 5.41) is 9.11. The van der Waals surface area contributed by atoms with Crippen molar-refractivity contribution in [2.24, 2.45) is 5.73 Å². The second-order valence-corrected chi connectivity index (χ2v) is 5.49. The van der Waals surface area contributed by atoms with E-state index in [1.807, 2.05) is 11.0 Å². The van der Waals surface area contributed by atoms with Gasteiger partial charge in [0, 0.05) is 18.1 Å². The molecule has 2 saturated heterocycles. The lowest BCUT2D eigenvalue weighted by Gasteiger charge is -2.37. The summed E-state index contributed by atoms with van der Waals surface area (Å²) in [5.74, 6) is -0.00319. The normalized spacial score (nSPS) is 29.1. The van der Waals surface area contributed by atoms with Crippen molar-refractivity contribution in [3.63, 3.8) is 0 Å². The number of nitrogens with zero attached hydrogens (tertiary/aromatic N) is 2. The summed E-state index contributed by atoms with van der Waals surface area (Å²) in [5.41, 5.74) is 7.01. The molecule has 2 aliphatic rings. The fraction of sp³-hybridized carbons (Fsp3) is 0.467. The summed E-state index contributed by atoms with van der Waals surface area (Å²) in [7, 11) is 0. The molecule has 0 aliphatic carbocycles. The highest BCUT2D eigenvalue weighted by Crippen LogP contribution is 2.36. The molecule has 4 nitrogen and oxygen atoms in total. The fourth-order valence-electron chi connectivity index (χ4n) is 3.46. The maximum atomic E-state index is 12.7. The van der Waals surface area contributed by atoms with Crippen LogP contribution in [-0.4, -0.2) is 28.9 Å². The van der Waals surface area contributed by atoms with Gasteiger partial charge in [-0.05, 0) is 37.8 Å². The molecule has 2 aliphatic heterocycles. The number of hydrogen-bond acceptors (Lipinski definition) is 3. The maximum absolute atomic E-state index is 12.7. The van der Waals surface area contributed by atoms with E-state index in [-0.39, 0.29) is 24.0 Å². The number of piperidine rings is 1. The molecule has 19 heavy (non-hydrogen) atoms. The van der Waals surface area contributed by atoms with E-state index >= 15 is 0 Å². The zero-order valence-electron chi connectivity index (χ0n) is 10.7. The highest BCUT2D eigenvalue weighted by Gasteiger charge is 2.42. The number of nitrogens with two attached hydrogens (primary N) is 1. The van der Waals surface area contributed by atoms with Gasteiger partial charge in [0.1, 0.15) is 0 Å². The number of rotatable bonds is 1. The number of fused-ring (bicyclic) bond motifs is 2. The van der Waals surface area contributed by atoms with Gasteiger partial charge in [-0.15, -0.1) is 0 Å². The van der Waals surface area contributed by atoms with Crippen LogP contribution in [0.2, 0.25) is 0 Å². The molecule has 0 aromatic heterocycles. The minimum Gasteiger partial charge on any atom is -0.333 e. The Bertz CT molecular complexity index is 535. The lowest BCUT2D eigenvalue weighted by Crippen LogP contribution is -2.50. The van der Waals surface area contributed by atoms with Crippen molar-refractivity contribution in [1.29, 1.82) is 5.26 Å². The second kappa shape index (κ2) is 4.67. The second-order valence-electron chi connectivity index (χ2n) is 5.49. The number of amides is 1. The van der Waals surface area contributed by atoms with E-state index < -0.39 is 0 Å². The molecule has 2 heterocycles. The van der Waals surface area contributed by atoms with Crippen molar-refractivity contribution in [3.05, 3.63) is 35.4 Å². The number of benzene rings is 1. The van der Waals surface area contributed by atoms with Gasteiger partial charge in [0.25, 0.3) is 5.91 Å². The van der Waals surface area contributed by atoms with Crippen LogP contribution in [0.5, 0.6) is 0 Å². The minimum absolute atomic E-state index is 0.00319. The first-order valence-corrected chi connectivity index (χ1v) is 6.78. The molecular weight excluding hydrogens is 238 g/mol. The molecule has 0 spiro atoms. The summed E-state index contributed by atoms with van der Waals surface area (Å²) in [6, 6.07) is 9.88. The zero-order valence-corrected chi connectivity index (χ0v) is 10.7. The molecule has 2 atom stereocenters. The molecular formula is C15H17N3O. The summed E-state index contributed by atoms with van der Waals surface area (Å²) in [6.07, 6.45) is 3.85. The topological polar surface area (TPSA) is 70.1 Å². The van der Waals surface area contributed by atoms with Crippen LogP contribution in [0.15, 0.2) is 24.3 Å². The van der Waals surface area contributed by atoms with Crippen molar-refractivity contribution in [2.45, 2.75) is 43.8 Å². The van der Waals surface area contributed by atoms with Gasteiger partial charge in [0.15, 0.2) is 0 Å². The number of carbonyl (C=O) groups is 1. The monoisotopic (exact) mass is 255 g/mol. The maximum Gasteiger partial charge on any atom is 0.255 e. The van der Waals surface area contributed by atoms with Crippen LogP contribution in [0, 0.1) is 11.3 Å². The molecule has 2 bridgehead atoms. The van der Waals surface area contributed by atoms with Crippen LogP contribution in [0.4, 0.5) is 0 Å². The first-order chi connectivity index (χ1) is 9.20. The molecule has 1 amide bonds.